The van der Waals surface area contributed by atoms with Crippen LogP contribution in [0.4, 0.5) is 10.2 Å². The number of aromatic nitrogens is 6. The minimum absolute atomic E-state index is 0.0234. The maximum atomic E-state index is 15.3. The molecule has 4 aromatic rings. The number of amides is 1. The molecule has 6 heterocycles. The van der Waals surface area contributed by atoms with Gasteiger partial charge in [0.2, 0.25) is 5.91 Å². The number of imidazole rings is 1. The molecule has 0 radical (unpaired) electrons. The number of halogens is 1. The summed E-state index contributed by atoms with van der Waals surface area (Å²) in [5, 5.41) is 13.6. The molecule has 2 unspecified atom stereocenters. The second kappa shape index (κ2) is 7.87. The largest absolute Gasteiger partial charge is 0.387 e. The van der Waals surface area contributed by atoms with Crippen LogP contribution >= 0.6 is 0 Å². The molecule has 0 saturated carbocycles. The molecule has 2 aliphatic heterocycles. The molecule has 2 saturated heterocycles. The van der Waals surface area contributed by atoms with Crippen molar-refractivity contribution in [3.8, 4) is 22.6 Å². The van der Waals surface area contributed by atoms with E-state index in [1.807, 2.05) is 12.1 Å². The number of nitrogens with one attached hydrogen (secondary N) is 1. The van der Waals surface area contributed by atoms with Crippen LogP contribution in [0.3, 0.4) is 0 Å². The highest BCUT2D eigenvalue weighted by molar-refractivity contribution is 5.79. The lowest BCUT2D eigenvalue weighted by molar-refractivity contribution is -0.138. The van der Waals surface area contributed by atoms with Crippen LogP contribution in [0, 0.1) is 5.82 Å². The number of nitrogens with two attached hydrogens (primary N) is 1. The molecule has 174 valence electrons. The van der Waals surface area contributed by atoms with Gasteiger partial charge in [0.1, 0.15) is 12.3 Å². The Labute approximate surface area is 193 Å². The van der Waals surface area contributed by atoms with Gasteiger partial charge in [0, 0.05) is 47.7 Å². The van der Waals surface area contributed by atoms with E-state index in [0.717, 1.165) is 18.4 Å². The van der Waals surface area contributed by atoms with E-state index >= 15 is 4.39 Å². The SMILES string of the molecule is Nc1c(F)c(C2CC3CCC(C2)N3C(=O)CO)nc2c(-c3ccc(-c4ncc[nH]4)nc3)cnn12. The van der Waals surface area contributed by atoms with E-state index in [1.165, 1.54) is 4.52 Å². The zero-order valence-electron chi connectivity index (χ0n) is 18.2. The van der Waals surface area contributed by atoms with Gasteiger partial charge in [-0.15, -0.1) is 0 Å². The van der Waals surface area contributed by atoms with Gasteiger partial charge in [0.05, 0.1) is 11.9 Å². The van der Waals surface area contributed by atoms with Crippen LogP contribution in [-0.4, -0.2) is 64.2 Å². The Bertz CT molecular complexity index is 1350. The Morgan fingerprint density at radius 3 is 2.65 bits per heavy atom. The summed E-state index contributed by atoms with van der Waals surface area (Å²) in [5.74, 6) is -0.432. The third kappa shape index (κ3) is 3.15. The number of hydrogen-bond donors (Lipinski definition) is 3. The van der Waals surface area contributed by atoms with E-state index in [9.17, 15) is 9.90 Å². The highest BCUT2D eigenvalue weighted by Gasteiger charge is 2.44. The predicted molar refractivity (Wildman–Crippen MR) is 121 cm³/mol. The van der Waals surface area contributed by atoms with Gasteiger partial charge in [0.25, 0.3) is 0 Å². The highest BCUT2D eigenvalue weighted by atomic mass is 19.1. The minimum atomic E-state index is -0.570. The Morgan fingerprint density at radius 1 is 1.21 bits per heavy atom. The maximum Gasteiger partial charge on any atom is 0.248 e. The fraction of sp³-hybridized carbons (Fsp3) is 0.348. The van der Waals surface area contributed by atoms with Crippen LogP contribution in [0.25, 0.3) is 28.3 Å². The fourth-order valence-corrected chi connectivity index (χ4v) is 5.48. The average Bonchev–Trinajstić information content (AvgIpc) is 3.59. The number of aromatic amines is 1. The van der Waals surface area contributed by atoms with Crippen molar-refractivity contribution in [1.82, 2.24) is 34.4 Å². The van der Waals surface area contributed by atoms with Crippen LogP contribution in [0.2, 0.25) is 0 Å². The molecule has 2 bridgehead atoms. The van der Waals surface area contributed by atoms with Crippen molar-refractivity contribution < 1.29 is 14.3 Å². The van der Waals surface area contributed by atoms with Gasteiger partial charge in [-0.3, -0.25) is 9.78 Å². The zero-order valence-corrected chi connectivity index (χ0v) is 18.2. The van der Waals surface area contributed by atoms with Gasteiger partial charge in [-0.05, 0) is 31.7 Å². The summed E-state index contributed by atoms with van der Waals surface area (Å²) in [6, 6.07) is 3.69. The van der Waals surface area contributed by atoms with E-state index in [-0.39, 0.29) is 29.7 Å². The van der Waals surface area contributed by atoms with Gasteiger partial charge in [0.15, 0.2) is 23.1 Å². The summed E-state index contributed by atoms with van der Waals surface area (Å²) in [6.07, 6.45) is 9.57. The minimum Gasteiger partial charge on any atom is -0.387 e. The molecule has 10 nitrogen and oxygen atoms in total. The Morgan fingerprint density at radius 2 is 2.00 bits per heavy atom. The molecule has 0 aliphatic carbocycles. The molecule has 1 amide bonds. The number of anilines is 1. The number of carbonyl (C=O) groups is 1. The standard InChI is InChI=1S/C23H23FN8O2/c24-19-20(13-7-14-2-3-15(8-13)31(14)18(34)11-33)30-23-16(10-29-32(23)21(19)25)12-1-4-17(28-9-12)22-26-5-6-27-22/h1,4-6,9-10,13-15,33H,2-3,7-8,11,25H2,(H,26,27). The van der Waals surface area contributed by atoms with Crippen LogP contribution in [0.5, 0.6) is 0 Å². The maximum absolute atomic E-state index is 15.3. The first-order valence-electron chi connectivity index (χ1n) is 11.3. The topological polar surface area (TPSA) is 138 Å². The molecular formula is C23H23FN8O2. The molecule has 2 aliphatic rings. The molecule has 4 aromatic heterocycles. The Hall–Kier alpha value is -3.86. The number of piperidine rings is 1. The first-order valence-corrected chi connectivity index (χ1v) is 11.3. The number of nitrogens with zero attached hydrogens (tertiary/aromatic N) is 6. The third-order valence-corrected chi connectivity index (χ3v) is 7.01. The smallest absolute Gasteiger partial charge is 0.248 e. The number of rotatable bonds is 4. The highest BCUT2D eigenvalue weighted by Crippen LogP contribution is 2.44. The van der Waals surface area contributed by atoms with Gasteiger partial charge in [-0.2, -0.15) is 9.61 Å². The summed E-state index contributed by atoms with van der Waals surface area (Å²) in [7, 11) is 0. The number of fused-ring (bicyclic) bond motifs is 3. The first-order chi connectivity index (χ1) is 16.5. The second-order valence-corrected chi connectivity index (χ2v) is 8.87. The number of nitrogen functional groups attached to an aromatic ring is 1. The van der Waals surface area contributed by atoms with Crippen molar-refractivity contribution in [1.29, 1.82) is 0 Å². The van der Waals surface area contributed by atoms with Gasteiger partial charge >= 0.3 is 0 Å². The summed E-state index contributed by atoms with van der Waals surface area (Å²) >= 11 is 0. The number of pyridine rings is 1. The fourth-order valence-electron chi connectivity index (χ4n) is 5.48. The summed E-state index contributed by atoms with van der Waals surface area (Å²) in [5.41, 5.74) is 9.08. The molecule has 0 aromatic carbocycles. The van der Waals surface area contributed by atoms with E-state index in [1.54, 1.807) is 29.7 Å². The van der Waals surface area contributed by atoms with E-state index in [0.29, 0.717) is 41.3 Å². The van der Waals surface area contributed by atoms with Crippen molar-refractivity contribution in [3.63, 3.8) is 0 Å². The molecule has 4 N–H and O–H groups in total. The van der Waals surface area contributed by atoms with E-state index in [4.69, 9.17) is 10.7 Å². The number of hydrogen-bond acceptors (Lipinski definition) is 7. The Kier molecular flexibility index (Phi) is 4.80. The van der Waals surface area contributed by atoms with Gasteiger partial charge in [-0.1, -0.05) is 6.07 Å². The van der Waals surface area contributed by atoms with Gasteiger partial charge in [-0.25, -0.2) is 14.4 Å². The second-order valence-electron chi connectivity index (χ2n) is 8.87. The van der Waals surface area contributed by atoms with E-state index in [2.05, 4.69) is 20.1 Å². The molecule has 2 fully saturated rings. The van der Waals surface area contributed by atoms with Crippen molar-refractivity contribution in [2.45, 2.75) is 43.7 Å². The molecule has 0 spiro atoms. The molecule has 34 heavy (non-hydrogen) atoms. The molecular weight excluding hydrogens is 439 g/mol. The van der Waals surface area contributed by atoms with Crippen molar-refractivity contribution in [3.05, 3.63) is 48.4 Å². The van der Waals surface area contributed by atoms with Crippen molar-refractivity contribution in [2.75, 3.05) is 12.3 Å². The van der Waals surface area contributed by atoms with Crippen molar-refractivity contribution in [2.24, 2.45) is 0 Å². The van der Waals surface area contributed by atoms with E-state index < -0.39 is 12.4 Å². The summed E-state index contributed by atoms with van der Waals surface area (Å²) in [4.78, 5) is 30.4. The predicted octanol–water partition coefficient (Wildman–Crippen LogP) is 2.13. The normalized spacial score (nSPS) is 21.9. The lowest BCUT2D eigenvalue weighted by Crippen LogP contribution is -2.47. The average molecular weight is 462 g/mol. The van der Waals surface area contributed by atoms with Crippen LogP contribution in [0.1, 0.15) is 37.3 Å². The molecule has 6 rings (SSSR count). The number of H-pyrrole nitrogens is 1. The van der Waals surface area contributed by atoms with Crippen LogP contribution < -0.4 is 5.73 Å². The zero-order chi connectivity index (χ0) is 23.4. The third-order valence-electron chi connectivity index (χ3n) is 7.01. The lowest BCUT2D eigenvalue weighted by atomic mass is 9.87. The molecule has 11 heteroatoms. The Balaban J connectivity index is 1.37. The molecule has 2 atom stereocenters. The number of carbonyl (C=O) groups excluding carboxylic acids is 1. The van der Waals surface area contributed by atoms with Crippen molar-refractivity contribution >= 4 is 17.4 Å². The van der Waals surface area contributed by atoms with Crippen LogP contribution in [-0.2, 0) is 4.79 Å². The quantitative estimate of drug-likeness (QED) is 0.422. The summed E-state index contributed by atoms with van der Waals surface area (Å²) < 4.78 is 16.7. The first kappa shape index (κ1) is 20.7. The van der Waals surface area contributed by atoms with Gasteiger partial charge < -0.3 is 20.7 Å². The van der Waals surface area contributed by atoms with Crippen LogP contribution in [0.15, 0.2) is 36.9 Å². The number of aliphatic hydroxyl groups is 1. The number of aliphatic hydroxyl groups excluding tert-OH is 1. The monoisotopic (exact) mass is 462 g/mol. The lowest BCUT2D eigenvalue weighted by Gasteiger charge is -2.38. The summed E-state index contributed by atoms with van der Waals surface area (Å²) in [6.45, 7) is -0.505.